The number of amides is 1. The molecule has 190 valence electrons. The molecule has 0 atom stereocenters. The highest BCUT2D eigenvalue weighted by atomic mass is 32.2. The minimum absolute atomic E-state index is 0.177. The molecule has 0 aliphatic carbocycles. The second kappa shape index (κ2) is 14.9. The largest absolute Gasteiger partial charge is 0.445 e. The van der Waals surface area contributed by atoms with Crippen molar-refractivity contribution in [2.45, 2.75) is 31.4 Å². The number of hydrogen-bond acceptors (Lipinski definition) is 9. The van der Waals surface area contributed by atoms with Crippen molar-refractivity contribution in [1.29, 1.82) is 5.26 Å². The number of pyridine rings is 1. The zero-order valence-electron chi connectivity index (χ0n) is 20.8. The third-order valence-electron chi connectivity index (χ3n) is 5.13. The molecule has 0 aliphatic heterocycles. The van der Waals surface area contributed by atoms with Crippen LogP contribution in [0.15, 0.2) is 46.9 Å². The van der Waals surface area contributed by atoms with E-state index in [1.165, 1.54) is 24.2 Å². The van der Waals surface area contributed by atoms with Gasteiger partial charge in [-0.2, -0.15) is 17.0 Å². The van der Waals surface area contributed by atoms with E-state index < -0.39 is 6.09 Å². The average Bonchev–Trinajstić information content (AvgIpc) is 3.42. The van der Waals surface area contributed by atoms with E-state index in [0.717, 1.165) is 49.8 Å². The number of hydrogen-bond donors (Lipinski definition) is 1. The van der Waals surface area contributed by atoms with Crippen LogP contribution in [0.1, 0.15) is 30.9 Å². The number of aromatic nitrogens is 2. The molecule has 1 N–H and O–H groups in total. The quantitative estimate of drug-likeness (QED) is 0.157. The Morgan fingerprint density at radius 1 is 1.28 bits per heavy atom. The molecule has 1 aromatic carbocycles. The molecule has 0 fully saturated rings. The Labute approximate surface area is 225 Å². The van der Waals surface area contributed by atoms with E-state index in [0.29, 0.717) is 12.1 Å². The highest BCUT2D eigenvalue weighted by Crippen LogP contribution is 2.36. The third kappa shape index (κ3) is 8.52. The number of alkyl carbamates (subject to hydrolysis) is 1. The van der Waals surface area contributed by atoms with Crippen LogP contribution >= 0.6 is 34.9 Å². The molecule has 0 spiro atoms. The van der Waals surface area contributed by atoms with Gasteiger partial charge >= 0.3 is 6.09 Å². The predicted molar refractivity (Wildman–Crippen MR) is 150 cm³/mol. The van der Waals surface area contributed by atoms with E-state index in [-0.39, 0.29) is 6.61 Å². The number of thioether (sulfide) groups is 2. The minimum atomic E-state index is -0.437. The highest BCUT2D eigenvalue weighted by Gasteiger charge is 2.17. The fourth-order valence-corrected chi connectivity index (χ4v) is 5.99. The van der Waals surface area contributed by atoms with Gasteiger partial charge in [0.05, 0.1) is 5.56 Å². The Bertz CT molecular complexity index is 1150. The van der Waals surface area contributed by atoms with Crippen LogP contribution in [0.5, 0.6) is 0 Å². The molecule has 0 aliphatic rings. The molecular weight excluding hydrogens is 511 g/mol. The summed E-state index contributed by atoms with van der Waals surface area (Å²) < 4.78 is 5.32. The minimum Gasteiger partial charge on any atom is -0.445 e. The zero-order chi connectivity index (χ0) is 25.8. The number of carbonyl (C=O) groups is 1. The van der Waals surface area contributed by atoms with Crippen molar-refractivity contribution in [3.05, 3.63) is 53.0 Å². The number of thiazole rings is 1. The van der Waals surface area contributed by atoms with E-state index in [4.69, 9.17) is 9.72 Å². The zero-order valence-corrected chi connectivity index (χ0v) is 23.3. The van der Waals surface area contributed by atoms with Gasteiger partial charge in [0.1, 0.15) is 28.4 Å². The van der Waals surface area contributed by atoms with E-state index in [1.807, 2.05) is 66.5 Å². The lowest BCUT2D eigenvalue weighted by atomic mass is 10.00. The van der Waals surface area contributed by atoms with Gasteiger partial charge in [-0.25, -0.2) is 14.8 Å². The summed E-state index contributed by atoms with van der Waals surface area (Å²) in [7, 11) is 3.90. The van der Waals surface area contributed by atoms with Crippen molar-refractivity contribution in [2.75, 3.05) is 38.0 Å². The second-order valence-electron chi connectivity index (χ2n) is 8.21. The summed E-state index contributed by atoms with van der Waals surface area (Å²) in [6.07, 6.45) is 3.68. The number of nitriles is 1. The Hall–Kier alpha value is -2.58. The van der Waals surface area contributed by atoms with Crippen LogP contribution in [-0.2, 0) is 11.3 Å². The molecule has 7 nitrogen and oxygen atoms in total. The van der Waals surface area contributed by atoms with Gasteiger partial charge in [0.25, 0.3) is 0 Å². The maximum absolute atomic E-state index is 11.9. The van der Waals surface area contributed by atoms with Crippen LogP contribution in [0.25, 0.3) is 21.8 Å². The molecule has 0 saturated carbocycles. The number of benzene rings is 1. The van der Waals surface area contributed by atoms with Crippen LogP contribution in [0.3, 0.4) is 0 Å². The average molecular weight is 542 g/mol. The van der Waals surface area contributed by atoms with Crippen molar-refractivity contribution >= 4 is 41.0 Å². The molecule has 0 bridgehead atoms. The summed E-state index contributed by atoms with van der Waals surface area (Å²) in [6.45, 7) is 3.64. The van der Waals surface area contributed by atoms with Crippen molar-refractivity contribution in [3.63, 3.8) is 0 Å². The monoisotopic (exact) mass is 541 g/mol. The van der Waals surface area contributed by atoms with Gasteiger partial charge in [-0.05, 0) is 43.5 Å². The van der Waals surface area contributed by atoms with Gasteiger partial charge in [-0.1, -0.05) is 49.4 Å². The number of rotatable bonds is 13. The molecule has 36 heavy (non-hydrogen) atoms. The lowest BCUT2D eigenvalue weighted by molar-refractivity contribution is 0.139. The molecular formula is C26H31N5O2S3. The first-order valence-electron chi connectivity index (χ1n) is 11.7. The first-order valence-corrected chi connectivity index (χ1v) is 14.7. The first kappa shape index (κ1) is 28.0. The molecule has 0 saturated heterocycles. The molecule has 3 aromatic rings. The number of nitrogens with one attached hydrogen (secondary N) is 1. The maximum Gasteiger partial charge on any atom is 0.407 e. The number of nitrogens with zero attached hydrogens (tertiary/aromatic N) is 4. The van der Waals surface area contributed by atoms with E-state index >= 15 is 0 Å². The Morgan fingerprint density at radius 2 is 2.08 bits per heavy atom. The lowest BCUT2D eigenvalue weighted by Gasteiger charge is -2.13. The number of ether oxygens (including phenoxy) is 1. The first-order chi connectivity index (χ1) is 17.5. The van der Waals surface area contributed by atoms with Gasteiger partial charge in [0.15, 0.2) is 0 Å². The Morgan fingerprint density at radius 3 is 2.75 bits per heavy atom. The highest BCUT2D eigenvalue weighted by molar-refractivity contribution is 8.16. The van der Waals surface area contributed by atoms with Crippen LogP contribution < -0.4 is 5.32 Å². The van der Waals surface area contributed by atoms with Gasteiger partial charge in [-0.3, -0.25) is 0 Å². The van der Waals surface area contributed by atoms with Crippen LogP contribution in [0.2, 0.25) is 0 Å². The molecule has 10 heteroatoms. The van der Waals surface area contributed by atoms with Crippen molar-refractivity contribution in [3.8, 4) is 27.9 Å². The fraction of sp³-hybridized carbons (Fsp3) is 0.385. The third-order valence-corrected chi connectivity index (χ3v) is 8.21. The maximum atomic E-state index is 11.9. The second-order valence-corrected chi connectivity index (χ2v) is 11.5. The lowest BCUT2D eigenvalue weighted by Crippen LogP contribution is -2.31. The Balaban J connectivity index is 1.77. The van der Waals surface area contributed by atoms with Crippen LogP contribution in [0, 0.1) is 11.3 Å². The fourth-order valence-electron chi connectivity index (χ4n) is 3.19. The van der Waals surface area contributed by atoms with Crippen LogP contribution in [0.4, 0.5) is 4.79 Å². The molecule has 0 unspecified atom stereocenters. The van der Waals surface area contributed by atoms with E-state index in [1.54, 1.807) is 18.0 Å². The van der Waals surface area contributed by atoms with Crippen molar-refractivity contribution in [2.24, 2.45) is 0 Å². The topological polar surface area (TPSA) is 91.1 Å². The number of carbonyl (C=O) groups excluding carboxylic acids is 1. The van der Waals surface area contributed by atoms with Gasteiger partial charge in [0.2, 0.25) is 0 Å². The standard InChI is InChI=1S/C26H31N5O2S3/c1-4-5-13-34-18-36-24-22(16-27)21(15-23(30-24)25-28-11-14-35-25)20-8-6-19(7-9-20)17-33-26(32)29-10-12-31(2)3/h6-9,11,14-15H,4-5,10,12-13,17-18H2,1-3H3,(H,29,32). The van der Waals surface area contributed by atoms with Gasteiger partial charge < -0.3 is 15.0 Å². The summed E-state index contributed by atoms with van der Waals surface area (Å²) in [4.78, 5) is 23.1. The summed E-state index contributed by atoms with van der Waals surface area (Å²) in [5.74, 6) is 1.10. The SMILES string of the molecule is CCCCSCSc1nc(-c2nccs2)cc(-c2ccc(COC(=O)NCCN(C)C)cc2)c1C#N. The summed E-state index contributed by atoms with van der Waals surface area (Å²) in [5, 5.41) is 17.1. The van der Waals surface area contributed by atoms with E-state index in [9.17, 15) is 10.1 Å². The Kier molecular flexibility index (Phi) is 11.6. The molecule has 1 amide bonds. The summed E-state index contributed by atoms with van der Waals surface area (Å²) in [5.41, 5.74) is 3.94. The molecule has 0 radical (unpaired) electrons. The summed E-state index contributed by atoms with van der Waals surface area (Å²) in [6, 6.07) is 12.1. The van der Waals surface area contributed by atoms with Crippen LogP contribution in [-0.4, -0.2) is 59.0 Å². The van der Waals surface area contributed by atoms with Crippen molar-refractivity contribution < 1.29 is 9.53 Å². The van der Waals surface area contributed by atoms with Gasteiger partial charge in [0, 0.05) is 35.3 Å². The van der Waals surface area contributed by atoms with Gasteiger partial charge in [-0.15, -0.1) is 11.3 Å². The summed E-state index contributed by atoms with van der Waals surface area (Å²) >= 11 is 5.00. The number of unbranched alkanes of at least 4 members (excludes halogenated alkanes) is 1. The smallest absolute Gasteiger partial charge is 0.407 e. The van der Waals surface area contributed by atoms with Crippen molar-refractivity contribution in [1.82, 2.24) is 20.2 Å². The molecule has 2 heterocycles. The van der Waals surface area contributed by atoms with E-state index in [2.05, 4.69) is 23.3 Å². The molecule has 3 rings (SSSR count). The normalized spacial score (nSPS) is 10.9. The number of likely N-dealkylation sites (N-methyl/N-ethyl adjacent to an activating group) is 1. The molecule has 2 aromatic heterocycles. The predicted octanol–water partition coefficient (Wildman–Crippen LogP) is 6.11.